The van der Waals surface area contributed by atoms with E-state index in [9.17, 15) is 4.39 Å². The summed E-state index contributed by atoms with van der Waals surface area (Å²) in [6, 6.07) is 14.0. The molecule has 1 nitrogen and oxygen atoms in total. The highest BCUT2D eigenvalue weighted by molar-refractivity contribution is 5.37. The number of rotatable bonds is 4. The largest absolute Gasteiger partial charge is 0.310 e. The molecule has 1 unspecified atom stereocenters. The van der Waals surface area contributed by atoms with Gasteiger partial charge >= 0.3 is 0 Å². The van der Waals surface area contributed by atoms with Crippen molar-refractivity contribution in [3.8, 4) is 0 Å². The van der Waals surface area contributed by atoms with Gasteiger partial charge in [-0.1, -0.05) is 35.9 Å². The van der Waals surface area contributed by atoms with Crippen LogP contribution < -0.4 is 5.32 Å². The Balaban J connectivity index is 1.58. The van der Waals surface area contributed by atoms with E-state index in [1.807, 2.05) is 12.1 Å². The fourth-order valence-corrected chi connectivity index (χ4v) is 2.98. The maximum atomic E-state index is 12.8. The van der Waals surface area contributed by atoms with Gasteiger partial charge in [-0.25, -0.2) is 4.39 Å². The van der Waals surface area contributed by atoms with Crippen molar-refractivity contribution in [2.45, 2.75) is 32.2 Å². The predicted octanol–water partition coefficient (Wildman–Crippen LogP) is 3.95. The number of halogens is 1. The van der Waals surface area contributed by atoms with Crippen LogP contribution in [0.4, 0.5) is 4.39 Å². The lowest BCUT2D eigenvalue weighted by Crippen LogP contribution is -2.22. The lowest BCUT2D eigenvalue weighted by atomic mass is 10.0. The van der Waals surface area contributed by atoms with Crippen LogP contribution in [0.5, 0.6) is 0 Å². The normalized spacial score (nSPS) is 17.2. The second-order valence-electron chi connectivity index (χ2n) is 5.62. The lowest BCUT2D eigenvalue weighted by Gasteiger charge is -2.14. The molecule has 0 saturated carbocycles. The molecule has 0 aromatic heterocycles. The zero-order chi connectivity index (χ0) is 13.9. The van der Waals surface area contributed by atoms with Gasteiger partial charge in [0.1, 0.15) is 5.82 Å². The Bertz CT molecular complexity index is 589. The molecule has 3 rings (SSSR count). The zero-order valence-electron chi connectivity index (χ0n) is 11.8. The molecule has 0 amide bonds. The lowest BCUT2D eigenvalue weighted by molar-refractivity contribution is 0.533. The summed E-state index contributed by atoms with van der Waals surface area (Å²) >= 11 is 0. The number of benzene rings is 2. The van der Waals surface area contributed by atoms with Crippen molar-refractivity contribution in [3.05, 3.63) is 70.5 Å². The van der Waals surface area contributed by atoms with Crippen molar-refractivity contribution in [1.29, 1.82) is 0 Å². The summed E-state index contributed by atoms with van der Waals surface area (Å²) < 4.78 is 12.8. The van der Waals surface area contributed by atoms with Gasteiger partial charge in [0.2, 0.25) is 0 Å². The molecule has 1 atom stereocenters. The Morgan fingerprint density at radius 3 is 2.75 bits per heavy atom. The maximum Gasteiger partial charge on any atom is 0.123 e. The molecule has 104 valence electrons. The average Bonchev–Trinajstić information content (AvgIpc) is 2.84. The summed E-state index contributed by atoms with van der Waals surface area (Å²) in [7, 11) is 0. The monoisotopic (exact) mass is 269 g/mol. The van der Waals surface area contributed by atoms with E-state index < -0.39 is 0 Å². The number of nitrogens with one attached hydrogen (secondary N) is 1. The third kappa shape index (κ3) is 2.91. The van der Waals surface area contributed by atoms with E-state index in [2.05, 4.69) is 30.4 Å². The van der Waals surface area contributed by atoms with Crippen LogP contribution in [0.15, 0.2) is 42.5 Å². The van der Waals surface area contributed by atoms with Crippen LogP contribution in [0.1, 0.15) is 34.7 Å². The smallest absolute Gasteiger partial charge is 0.123 e. The molecule has 0 fully saturated rings. The molecule has 2 aromatic rings. The van der Waals surface area contributed by atoms with E-state index in [0.29, 0.717) is 6.04 Å². The molecule has 0 radical (unpaired) electrons. The van der Waals surface area contributed by atoms with Crippen LogP contribution in [0.2, 0.25) is 0 Å². The first-order chi connectivity index (χ1) is 9.72. The second-order valence-corrected chi connectivity index (χ2v) is 5.62. The Morgan fingerprint density at radius 1 is 1.15 bits per heavy atom. The Morgan fingerprint density at radius 2 is 1.95 bits per heavy atom. The number of hydrogen-bond donors (Lipinski definition) is 1. The predicted molar refractivity (Wildman–Crippen MR) is 80.3 cm³/mol. The first-order valence-corrected chi connectivity index (χ1v) is 7.29. The van der Waals surface area contributed by atoms with E-state index in [0.717, 1.165) is 13.0 Å². The summed E-state index contributed by atoms with van der Waals surface area (Å²) in [5.41, 5.74) is 5.45. The average molecular weight is 269 g/mol. The van der Waals surface area contributed by atoms with Gasteiger partial charge in [-0.15, -0.1) is 0 Å². The fourth-order valence-electron chi connectivity index (χ4n) is 2.98. The van der Waals surface area contributed by atoms with Crippen molar-refractivity contribution in [3.63, 3.8) is 0 Å². The van der Waals surface area contributed by atoms with Crippen molar-refractivity contribution < 1.29 is 4.39 Å². The molecule has 2 heteroatoms. The summed E-state index contributed by atoms with van der Waals surface area (Å²) in [5.74, 6) is -0.165. The topological polar surface area (TPSA) is 12.0 Å². The molecule has 1 N–H and O–H groups in total. The third-order valence-electron chi connectivity index (χ3n) is 4.10. The van der Waals surface area contributed by atoms with Crippen molar-refractivity contribution in [1.82, 2.24) is 5.32 Å². The van der Waals surface area contributed by atoms with E-state index in [-0.39, 0.29) is 5.82 Å². The number of aryl methyl sites for hydroxylation is 2. The minimum atomic E-state index is -0.165. The molecule has 0 bridgehead atoms. The summed E-state index contributed by atoms with van der Waals surface area (Å²) in [5, 5.41) is 3.63. The van der Waals surface area contributed by atoms with Gasteiger partial charge in [0, 0.05) is 6.04 Å². The molecular formula is C18H20FN. The van der Waals surface area contributed by atoms with Gasteiger partial charge in [0.25, 0.3) is 0 Å². The molecule has 2 aromatic carbocycles. The third-order valence-corrected chi connectivity index (χ3v) is 4.10. The van der Waals surface area contributed by atoms with E-state index in [1.165, 1.54) is 47.2 Å². The molecule has 0 spiro atoms. The first-order valence-electron chi connectivity index (χ1n) is 7.29. The van der Waals surface area contributed by atoms with Crippen LogP contribution in [0.25, 0.3) is 0 Å². The van der Waals surface area contributed by atoms with Gasteiger partial charge in [-0.05, 0) is 61.6 Å². The molecule has 0 heterocycles. The van der Waals surface area contributed by atoms with Crippen LogP contribution in [-0.4, -0.2) is 6.54 Å². The standard InChI is InChI=1S/C18H20FN/c1-13-2-5-15-6-9-18(17(15)12-13)20-11-10-14-3-7-16(19)8-4-14/h2-5,7-8,12,18,20H,6,9-11H2,1H3. The highest BCUT2D eigenvalue weighted by atomic mass is 19.1. The molecule has 20 heavy (non-hydrogen) atoms. The molecule has 1 aliphatic carbocycles. The van der Waals surface area contributed by atoms with Gasteiger partial charge in [-0.3, -0.25) is 0 Å². The second kappa shape index (κ2) is 5.76. The van der Waals surface area contributed by atoms with Crippen LogP contribution in [-0.2, 0) is 12.8 Å². The van der Waals surface area contributed by atoms with Crippen LogP contribution >= 0.6 is 0 Å². The van der Waals surface area contributed by atoms with E-state index in [1.54, 1.807) is 0 Å². The van der Waals surface area contributed by atoms with Gasteiger partial charge < -0.3 is 5.32 Å². The Kier molecular flexibility index (Phi) is 3.83. The van der Waals surface area contributed by atoms with E-state index in [4.69, 9.17) is 0 Å². The van der Waals surface area contributed by atoms with Gasteiger partial charge in [0.15, 0.2) is 0 Å². The quantitative estimate of drug-likeness (QED) is 0.886. The summed E-state index contributed by atoms with van der Waals surface area (Å²) in [6.07, 6.45) is 3.30. The molecule has 1 aliphatic rings. The minimum Gasteiger partial charge on any atom is -0.310 e. The number of hydrogen-bond acceptors (Lipinski definition) is 1. The highest BCUT2D eigenvalue weighted by Crippen LogP contribution is 2.31. The Labute approximate surface area is 119 Å². The highest BCUT2D eigenvalue weighted by Gasteiger charge is 2.21. The molecular weight excluding hydrogens is 249 g/mol. The zero-order valence-corrected chi connectivity index (χ0v) is 11.8. The van der Waals surface area contributed by atoms with Crippen molar-refractivity contribution >= 4 is 0 Å². The first kappa shape index (κ1) is 13.3. The summed E-state index contributed by atoms with van der Waals surface area (Å²) in [4.78, 5) is 0. The van der Waals surface area contributed by atoms with Crippen LogP contribution in [0.3, 0.4) is 0 Å². The van der Waals surface area contributed by atoms with E-state index >= 15 is 0 Å². The molecule has 0 saturated heterocycles. The molecule has 0 aliphatic heterocycles. The van der Waals surface area contributed by atoms with Gasteiger partial charge in [-0.2, -0.15) is 0 Å². The Hall–Kier alpha value is -1.67. The van der Waals surface area contributed by atoms with Crippen LogP contribution in [0, 0.1) is 12.7 Å². The number of fused-ring (bicyclic) bond motifs is 1. The summed E-state index contributed by atoms with van der Waals surface area (Å²) in [6.45, 7) is 3.08. The van der Waals surface area contributed by atoms with Crippen molar-refractivity contribution in [2.24, 2.45) is 0 Å². The maximum absolute atomic E-state index is 12.8. The minimum absolute atomic E-state index is 0.165. The van der Waals surface area contributed by atoms with Gasteiger partial charge in [0.05, 0.1) is 0 Å². The van der Waals surface area contributed by atoms with Crippen molar-refractivity contribution in [2.75, 3.05) is 6.54 Å². The SMILES string of the molecule is Cc1ccc2c(c1)C(NCCc1ccc(F)cc1)CC2. The fraction of sp³-hybridized carbons (Fsp3) is 0.333.